The van der Waals surface area contributed by atoms with E-state index in [1.165, 1.54) is 11.9 Å². The quantitative estimate of drug-likeness (QED) is 0.274. The Morgan fingerprint density at radius 1 is 1.14 bits per heavy atom. The number of aryl methyl sites for hydroxylation is 2. The van der Waals surface area contributed by atoms with E-state index in [2.05, 4.69) is 30.5 Å². The minimum atomic E-state index is -0.973. The van der Waals surface area contributed by atoms with Gasteiger partial charge < -0.3 is 15.6 Å². The number of benzene rings is 2. The lowest BCUT2D eigenvalue weighted by Gasteiger charge is -2.26. The Bertz CT molecular complexity index is 1160. The zero-order chi connectivity index (χ0) is 25.6. The molecule has 1 heterocycles. The van der Waals surface area contributed by atoms with Crippen molar-refractivity contribution in [1.82, 2.24) is 9.97 Å². The Kier molecular flexibility index (Phi) is 8.75. The molecule has 1 aromatic heterocycles. The average molecular weight is 495 g/mol. The molecule has 0 amide bonds. The molecule has 7 nitrogen and oxygen atoms in total. The highest BCUT2D eigenvalue weighted by atomic mass is 32.2. The summed E-state index contributed by atoms with van der Waals surface area (Å²) in [6, 6.07) is 14.5. The van der Waals surface area contributed by atoms with E-state index in [0.717, 1.165) is 40.1 Å². The molecule has 0 fully saturated rings. The fourth-order valence-corrected chi connectivity index (χ4v) is 4.43. The Morgan fingerprint density at radius 3 is 2.49 bits per heavy atom. The summed E-state index contributed by atoms with van der Waals surface area (Å²) in [5, 5.41) is 9.25. The number of carboxylic acids is 1. The van der Waals surface area contributed by atoms with E-state index in [0.29, 0.717) is 18.4 Å². The Balaban J connectivity index is 1.87. The van der Waals surface area contributed by atoms with Crippen molar-refractivity contribution in [3.63, 3.8) is 0 Å². The summed E-state index contributed by atoms with van der Waals surface area (Å²) < 4.78 is 9.18. The van der Waals surface area contributed by atoms with Crippen molar-refractivity contribution < 1.29 is 14.6 Å². The van der Waals surface area contributed by atoms with E-state index < -0.39 is 5.97 Å². The van der Waals surface area contributed by atoms with Gasteiger partial charge in [-0.3, -0.25) is 4.72 Å². The van der Waals surface area contributed by atoms with Crippen LogP contribution in [0, 0.1) is 19.3 Å². The summed E-state index contributed by atoms with van der Waals surface area (Å²) in [5.41, 5.74) is 10.7. The number of rotatable bonds is 11. The number of nitrogens with one attached hydrogen (secondary N) is 1. The zero-order valence-electron chi connectivity index (χ0n) is 21.0. The van der Waals surface area contributed by atoms with Crippen molar-refractivity contribution in [1.29, 1.82) is 0 Å². The second kappa shape index (κ2) is 11.6. The lowest BCUT2D eigenvalue weighted by atomic mass is 9.84. The average Bonchev–Trinajstić information content (AvgIpc) is 2.81. The zero-order valence-corrected chi connectivity index (χ0v) is 21.8. The molecule has 0 spiro atoms. The lowest BCUT2D eigenvalue weighted by Crippen LogP contribution is -2.33. The molecule has 0 radical (unpaired) electrons. The van der Waals surface area contributed by atoms with Crippen molar-refractivity contribution in [2.24, 2.45) is 11.1 Å². The molecule has 1 unspecified atom stereocenters. The molecule has 0 aliphatic rings. The molecular weight excluding hydrogens is 460 g/mol. The van der Waals surface area contributed by atoms with E-state index >= 15 is 0 Å². The van der Waals surface area contributed by atoms with E-state index in [9.17, 15) is 9.90 Å². The van der Waals surface area contributed by atoms with E-state index in [1.807, 2.05) is 44.2 Å². The highest BCUT2D eigenvalue weighted by molar-refractivity contribution is 8.00. The third kappa shape index (κ3) is 7.44. The van der Waals surface area contributed by atoms with Crippen LogP contribution in [0.3, 0.4) is 0 Å². The number of hydrogen-bond acceptors (Lipinski definition) is 7. The van der Waals surface area contributed by atoms with Gasteiger partial charge in [-0.25, -0.2) is 9.78 Å². The Hall–Kier alpha value is -3.10. The second-order valence-electron chi connectivity index (χ2n) is 9.51. The SMILES string of the molecule is CCC(C)(C)CC(N)COc1cc(-c2c(C)cccc2C)nc(NSc2cccc(C(=O)O)c2)n1. The van der Waals surface area contributed by atoms with Gasteiger partial charge in [0.1, 0.15) is 6.61 Å². The van der Waals surface area contributed by atoms with Crippen LogP contribution in [-0.2, 0) is 0 Å². The molecule has 1 atom stereocenters. The fraction of sp³-hybridized carbons (Fsp3) is 0.370. The molecule has 0 aliphatic carbocycles. The van der Waals surface area contributed by atoms with Gasteiger partial charge in [0.25, 0.3) is 0 Å². The molecular formula is C27H34N4O3S. The maximum Gasteiger partial charge on any atom is 0.335 e. The van der Waals surface area contributed by atoms with Crippen molar-refractivity contribution in [3.05, 3.63) is 65.2 Å². The molecule has 2 aromatic carbocycles. The van der Waals surface area contributed by atoms with Gasteiger partial charge >= 0.3 is 5.97 Å². The van der Waals surface area contributed by atoms with Crippen molar-refractivity contribution in [2.45, 2.75) is 58.4 Å². The topological polar surface area (TPSA) is 110 Å². The highest BCUT2D eigenvalue weighted by Crippen LogP contribution is 2.31. The van der Waals surface area contributed by atoms with Crippen LogP contribution in [0.5, 0.6) is 5.88 Å². The standard InChI is InChI=1S/C27H34N4O3S/c1-6-27(4,5)15-20(28)16-34-23-14-22(24-17(2)9-7-10-18(24)3)29-26(30-23)31-35-21-12-8-11-19(13-21)25(32)33/h7-14,20H,6,15-16,28H2,1-5H3,(H,32,33)(H,29,30,31). The highest BCUT2D eigenvalue weighted by Gasteiger charge is 2.20. The third-order valence-electron chi connectivity index (χ3n) is 6.00. The van der Waals surface area contributed by atoms with Gasteiger partial charge in [-0.1, -0.05) is 51.5 Å². The molecule has 4 N–H and O–H groups in total. The number of nitrogens with zero attached hydrogens (tertiary/aromatic N) is 2. The number of aromatic nitrogens is 2. The predicted octanol–water partition coefficient (Wildman–Crippen LogP) is 6.11. The van der Waals surface area contributed by atoms with Crippen LogP contribution in [0.25, 0.3) is 11.3 Å². The number of carboxylic acid groups (broad SMARTS) is 1. The Morgan fingerprint density at radius 2 is 1.83 bits per heavy atom. The first-order valence-electron chi connectivity index (χ1n) is 11.7. The van der Waals surface area contributed by atoms with Crippen LogP contribution in [-0.4, -0.2) is 33.7 Å². The monoisotopic (exact) mass is 494 g/mol. The van der Waals surface area contributed by atoms with Crippen LogP contribution in [0.15, 0.2) is 53.4 Å². The molecule has 0 aliphatic heterocycles. The molecule has 35 heavy (non-hydrogen) atoms. The summed E-state index contributed by atoms with van der Waals surface area (Å²) >= 11 is 1.24. The maximum absolute atomic E-state index is 11.3. The number of hydrogen-bond donors (Lipinski definition) is 3. The number of aromatic carboxylic acids is 1. The Labute approximate surface area is 211 Å². The summed E-state index contributed by atoms with van der Waals surface area (Å²) in [6.07, 6.45) is 1.89. The van der Waals surface area contributed by atoms with E-state index in [-0.39, 0.29) is 17.0 Å². The van der Waals surface area contributed by atoms with Gasteiger partial charge in [-0.2, -0.15) is 4.98 Å². The van der Waals surface area contributed by atoms with Gasteiger partial charge in [0, 0.05) is 22.6 Å². The van der Waals surface area contributed by atoms with Gasteiger partial charge in [0.2, 0.25) is 11.8 Å². The third-order valence-corrected chi connectivity index (χ3v) is 6.77. The molecule has 0 saturated carbocycles. The second-order valence-corrected chi connectivity index (χ2v) is 10.4. The van der Waals surface area contributed by atoms with Crippen LogP contribution < -0.4 is 15.2 Å². The van der Waals surface area contributed by atoms with Crippen LogP contribution in [0.2, 0.25) is 0 Å². The largest absolute Gasteiger partial charge is 0.478 e. The lowest BCUT2D eigenvalue weighted by molar-refractivity contribution is 0.0696. The first-order valence-corrected chi connectivity index (χ1v) is 12.5. The van der Waals surface area contributed by atoms with Crippen LogP contribution in [0.4, 0.5) is 5.95 Å². The number of nitrogens with two attached hydrogens (primary N) is 1. The van der Waals surface area contributed by atoms with Crippen molar-refractivity contribution >= 4 is 23.9 Å². The molecule has 0 bridgehead atoms. The summed E-state index contributed by atoms with van der Waals surface area (Å²) in [4.78, 5) is 21.3. The first-order chi connectivity index (χ1) is 16.6. The molecule has 3 aromatic rings. The number of anilines is 1. The van der Waals surface area contributed by atoms with Crippen molar-refractivity contribution in [3.8, 4) is 17.1 Å². The van der Waals surface area contributed by atoms with E-state index in [1.54, 1.807) is 18.2 Å². The number of ether oxygens (including phenoxy) is 1. The van der Waals surface area contributed by atoms with Crippen molar-refractivity contribution in [2.75, 3.05) is 11.3 Å². The summed E-state index contributed by atoms with van der Waals surface area (Å²) in [6.45, 7) is 11.0. The van der Waals surface area contributed by atoms with Gasteiger partial charge in [0.15, 0.2) is 0 Å². The summed E-state index contributed by atoms with van der Waals surface area (Å²) in [5.74, 6) is -0.169. The van der Waals surface area contributed by atoms with E-state index in [4.69, 9.17) is 15.5 Å². The van der Waals surface area contributed by atoms with Crippen LogP contribution in [0.1, 0.15) is 55.1 Å². The molecule has 8 heteroatoms. The predicted molar refractivity (Wildman–Crippen MR) is 142 cm³/mol. The van der Waals surface area contributed by atoms with Gasteiger partial charge in [0.05, 0.1) is 11.3 Å². The van der Waals surface area contributed by atoms with Gasteiger partial charge in [-0.15, -0.1) is 0 Å². The minimum Gasteiger partial charge on any atom is -0.478 e. The molecule has 3 rings (SSSR count). The molecule has 0 saturated heterocycles. The molecule has 186 valence electrons. The maximum atomic E-state index is 11.3. The summed E-state index contributed by atoms with van der Waals surface area (Å²) in [7, 11) is 0. The number of carbonyl (C=O) groups is 1. The smallest absolute Gasteiger partial charge is 0.335 e. The normalized spacial score (nSPS) is 12.3. The van der Waals surface area contributed by atoms with Crippen LogP contribution >= 0.6 is 11.9 Å². The fourth-order valence-electron chi connectivity index (χ4n) is 3.79. The van der Waals surface area contributed by atoms with Gasteiger partial charge in [-0.05, 0) is 67.0 Å². The first kappa shape index (κ1) is 26.5. The minimum absolute atomic E-state index is 0.117.